The Balaban J connectivity index is 0. The molecule has 0 aliphatic rings. The number of aliphatic hydroxyl groups excluding tert-OH is 1. The van der Waals surface area contributed by atoms with Crippen LogP contribution < -0.4 is 0 Å². The zero-order valence-electron chi connectivity index (χ0n) is 28.7. The molecule has 0 aromatic rings. The van der Waals surface area contributed by atoms with Gasteiger partial charge in [-0.15, -0.1) is 0 Å². The number of hydrogen-bond acceptors (Lipinski definition) is 2. The zero-order valence-corrected chi connectivity index (χ0v) is 30.7. The number of unbranched alkanes of at least 4 members (excludes halogenated alkanes) is 14. The first-order valence-corrected chi connectivity index (χ1v) is 23.4. The van der Waals surface area contributed by atoms with E-state index in [0.29, 0.717) is 6.61 Å². The van der Waals surface area contributed by atoms with Gasteiger partial charge in [-0.2, -0.15) is 0 Å². The van der Waals surface area contributed by atoms with Crippen LogP contribution in [0.2, 0.25) is 36.3 Å². The van der Waals surface area contributed by atoms with Crippen molar-refractivity contribution < 1.29 is 9.22 Å². The topological polar surface area (TPSA) is 29.5 Å². The van der Waals surface area contributed by atoms with Crippen LogP contribution in [-0.4, -0.2) is 28.3 Å². The maximum atomic E-state index is 8.54. The molecule has 238 valence electrons. The van der Waals surface area contributed by atoms with E-state index in [-0.39, 0.29) is 0 Å². The van der Waals surface area contributed by atoms with Crippen molar-refractivity contribution in [3.63, 3.8) is 0 Å². The van der Waals surface area contributed by atoms with Gasteiger partial charge in [0.1, 0.15) is 0 Å². The van der Waals surface area contributed by atoms with Crippen molar-refractivity contribution in [2.24, 2.45) is 0 Å². The molecule has 0 aliphatic carbocycles. The van der Waals surface area contributed by atoms with Gasteiger partial charge in [-0.3, -0.25) is 0 Å². The Hall–Kier alpha value is 0.354. The van der Waals surface area contributed by atoms with E-state index >= 15 is 0 Å². The summed E-state index contributed by atoms with van der Waals surface area (Å²) in [7, 11) is -3.16. The van der Waals surface area contributed by atoms with E-state index in [1.54, 1.807) is 0 Å². The lowest BCUT2D eigenvalue weighted by Gasteiger charge is -2.43. The second-order valence-corrected chi connectivity index (χ2v) is 21.2. The van der Waals surface area contributed by atoms with E-state index < -0.39 is 16.6 Å². The van der Waals surface area contributed by atoms with Gasteiger partial charge in [0.25, 0.3) is 0 Å². The lowest BCUT2D eigenvalue weighted by molar-refractivity contribution is 0.282. The van der Waals surface area contributed by atoms with E-state index in [9.17, 15) is 0 Å². The Morgan fingerprint density at radius 1 is 0.333 bits per heavy atom. The van der Waals surface area contributed by atoms with E-state index in [1.165, 1.54) is 165 Å². The largest absolute Gasteiger partial charge is 0.455 e. The summed E-state index contributed by atoms with van der Waals surface area (Å²) in [6.45, 7) is 16.8. The van der Waals surface area contributed by atoms with E-state index in [2.05, 4.69) is 48.5 Å². The van der Waals surface area contributed by atoms with Crippen molar-refractivity contribution >= 4 is 16.6 Å². The van der Waals surface area contributed by atoms with Crippen LogP contribution >= 0.6 is 0 Å². The van der Waals surface area contributed by atoms with Crippen molar-refractivity contribution in [1.82, 2.24) is 0 Å². The minimum Gasteiger partial charge on any atom is -0.455 e. The Morgan fingerprint density at radius 3 is 0.795 bits per heavy atom. The van der Waals surface area contributed by atoms with Crippen molar-refractivity contribution in [2.45, 2.75) is 220 Å². The van der Waals surface area contributed by atoms with Crippen LogP contribution in [0, 0.1) is 0 Å². The fourth-order valence-corrected chi connectivity index (χ4v) is 19.5. The van der Waals surface area contributed by atoms with Gasteiger partial charge in [0.05, 0.1) is 0 Å². The van der Waals surface area contributed by atoms with Crippen molar-refractivity contribution in [3.8, 4) is 0 Å². The van der Waals surface area contributed by atoms with Gasteiger partial charge in [0.2, 0.25) is 0 Å². The van der Waals surface area contributed by atoms with Gasteiger partial charge in [0, 0.05) is 6.61 Å². The molecule has 0 bridgehead atoms. The second-order valence-electron chi connectivity index (χ2n) is 12.6. The molecular weight excluding hydrogens is 509 g/mol. The molecular formula is C35H78O2Si2. The lowest BCUT2D eigenvalue weighted by atomic mass is 10.1. The van der Waals surface area contributed by atoms with Gasteiger partial charge >= 0.3 is 0 Å². The Morgan fingerprint density at radius 2 is 0.564 bits per heavy atom. The maximum absolute atomic E-state index is 8.54. The molecule has 0 aliphatic heterocycles. The first-order valence-electron chi connectivity index (χ1n) is 18.3. The molecule has 0 spiro atoms. The van der Waals surface area contributed by atoms with Crippen LogP contribution in [-0.2, 0) is 4.12 Å². The molecule has 0 fully saturated rings. The monoisotopic (exact) mass is 587 g/mol. The highest BCUT2D eigenvalue weighted by Crippen LogP contribution is 2.39. The third kappa shape index (κ3) is 24.6. The molecule has 0 unspecified atom stereocenters. The highest BCUT2D eigenvalue weighted by molar-refractivity contribution is 6.87. The summed E-state index contributed by atoms with van der Waals surface area (Å²) in [5.74, 6) is 0. The van der Waals surface area contributed by atoms with Gasteiger partial charge in [-0.1, -0.05) is 177 Å². The molecule has 0 saturated heterocycles. The SMILES string of the molecule is CCCCCCCCCCCO.CCCC[Si](CCCC)(CCCC)O[Si](CCCC)(CCCC)CCCC. The molecule has 0 aromatic heterocycles. The van der Waals surface area contributed by atoms with E-state index in [4.69, 9.17) is 9.22 Å². The third-order valence-corrected chi connectivity index (χ3v) is 19.7. The summed E-state index contributed by atoms with van der Waals surface area (Å²) < 4.78 is 7.72. The van der Waals surface area contributed by atoms with Crippen molar-refractivity contribution in [2.75, 3.05) is 6.61 Å². The summed E-state index contributed by atoms with van der Waals surface area (Å²) in [6, 6.07) is 8.68. The smallest absolute Gasteiger partial charge is 0.179 e. The summed E-state index contributed by atoms with van der Waals surface area (Å²) in [5.41, 5.74) is 0. The molecule has 0 saturated carbocycles. The fourth-order valence-electron chi connectivity index (χ4n) is 5.93. The van der Waals surface area contributed by atoms with E-state index in [1.807, 2.05) is 0 Å². The van der Waals surface area contributed by atoms with Crippen LogP contribution in [0.3, 0.4) is 0 Å². The lowest BCUT2D eigenvalue weighted by Crippen LogP contribution is -2.51. The molecule has 0 heterocycles. The predicted molar refractivity (Wildman–Crippen MR) is 185 cm³/mol. The normalized spacial score (nSPS) is 12.0. The number of rotatable bonds is 29. The number of hydrogen-bond donors (Lipinski definition) is 1. The van der Waals surface area contributed by atoms with Gasteiger partial charge in [0.15, 0.2) is 16.6 Å². The van der Waals surface area contributed by atoms with Crippen molar-refractivity contribution in [3.05, 3.63) is 0 Å². The summed E-state index contributed by atoms with van der Waals surface area (Å²) >= 11 is 0. The third-order valence-electron chi connectivity index (χ3n) is 8.61. The predicted octanol–water partition coefficient (Wildman–Crippen LogP) is 13.2. The Kier molecular flexibility index (Phi) is 33.3. The molecule has 0 aromatic carbocycles. The average Bonchev–Trinajstić information content (AvgIpc) is 2.96. The zero-order chi connectivity index (χ0) is 29.5. The Bertz CT molecular complexity index is 374. The quantitative estimate of drug-likeness (QED) is 0.0697. The molecule has 0 rings (SSSR count). The minimum absolute atomic E-state index is 0.371. The van der Waals surface area contributed by atoms with E-state index in [0.717, 1.165) is 6.42 Å². The highest BCUT2D eigenvalue weighted by Gasteiger charge is 2.43. The maximum Gasteiger partial charge on any atom is 0.179 e. The first kappa shape index (κ1) is 41.5. The van der Waals surface area contributed by atoms with Crippen LogP contribution in [0.15, 0.2) is 0 Å². The molecule has 0 radical (unpaired) electrons. The minimum atomic E-state index is -1.58. The standard InChI is InChI=1S/C24H54OSi2.C11H24O/c1-7-13-19-26(20-14-8-2,21-15-9-3)25-27(22-16-10-4,23-17-11-5)24-18-12-6;1-2-3-4-5-6-7-8-9-10-11-12/h7-24H2,1-6H3;12H,2-11H2,1H3. The molecule has 0 atom stereocenters. The molecule has 1 N–H and O–H groups in total. The van der Waals surface area contributed by atoms with Gasteiger partial charge < -0.3 is 9.22 Å². The molecule has 2 nitrogen and oxygen atoms in total. The summed E-state index contributed by atoms with van der Waals surface area (Å²) in [6.07, 6.45) is 28.3. The first-order chi connectivity index (χ1) is 19.0. The molecule has 0 amide bonds. The van der Waals surface area contributed by atoms with Crippen LogP contribution in [0.4, 0.5) is 0 Å². The van der Waals surface area contributed by atoms with Crippen LogP contribution in [0.5, 0.6) is 0 Å². The van der Waals surface area contributed by atoms with Crippen LogP contribution in [0.25, 0.3) is 0 Å². The second kappa shape index (κ2) is 31.3. The Labute approximate surface area is 251 Å². The van der Waals surface area contributed by atoms with Gasteiger partial charge in [-0.25, -0.2) is 0 Å². The highest BCUT2D eigenvalue weighted by atomic mass is 28.4. The molecule has 4 heteroatoms. The van der Waals surface area contributed by atoms with Crippen LogP contribution in [0.1, 0.15) is 183 Å². The summed E-state index contributed by atoms with van der Waals surface area (Å²) in [4.78, 5) is 0. The number of aliphatic hydroxyl groups is 1. The molecule has 39 heavy (non-hydrogen) atoms. The fraction of sp³-hybridized carbons (Fsp3) is 1.00. The van der Waals surface area contributed by atoms with Gasteiger partial charge in [-0.05, 0) is 42.7 Å². The average molecular weight is 587 g/mol. The summed E-state index contributed by atoms with van der Waals surface area (Å²) in [5, 5.41) is 8.54. The van der Waals surface area contributed by atoms with Crippen molar-refractivity contribution in [1.29, 1.82) is 0 Å².